The number of rotatable bonds is 7. The van der Waals surface area contributed by atoms with Crippen molar-refractivity contribution in [2.45, 2.75) is 18.4 Å². The van der Waals surface area contributed by atoms with E-state index in [4.69, 9.17) is 0 Å². The molecule has 8 nitrogen and oxygen atoms in total. The van der Waals surface area contributed by atoms with Crippen molar-refractivity contribution in [1.82, 2.24) is 19.9 Å². The number of hydrogen-bond donors (Lipinski definition) is 3. The van der Waals surface area contributed by atoms with E-state index >= 15 is 0 Å². The van der Waals surface area contributed by atoms with E-state index in [1.807, 2.05) is 37.3 Å². The predicted molar refractivity (Wildman–Crippen MR) is 121 cm³/mol. The first-order valence-corrected chi connectivity index (χ1v) is 11.3. The fourth-order valence-corrected chi connectivity index (χ4v) is 4.10. The minimum atomic E-state index is -3.77. The van der Waals surface area contributed by atoms with Crippen molar-refractivity contribution < 1.29 is 13.2 Å². The number of carbonyl (C=O) groups is 1. The van der Waals surface area contributed by atoms with Crippen molar-refractivity contribution in [2.75, 3.05) is 5.32 Å². The molecule has 0 aliphatic heterocycles. The van der Waals surface area contributed by atoms with Crippen LogP contribution in [0.4, 0.5) is 5.69 Å². The highest BCUT2D eigenvalue weighted by molar-refractivity contribution is 7.89. The third-order valence-electron chi connectivity index (χ3n) is 4.71. The molecular weight excluding hydrogens is 426 g/mol. The molecule has 0 saturated heterocycles. The van der Waals surface area contributed by atoms with Crippen LogP contribution >= 0.6 is 0 Å². The number of amides is 1. The van der Waals surface area contributed by atoms with Gasteiger partial charge in [-0.05, 0) is 55.0 Å². The van der Waals surface area contributed by atoms with Crippen molar-refractivity contribution in [3.8, 4) is 11.4 Å². The Morgan fingerprint density at radius 2 is 1.72 bits per heavy atom. The van der Waals surface area contributed by atoms with Gasteiger partial charge >= 0.3 is 0 Å². The Balaban J connectivity index is 1.45. The second kappa shape index (κ2) is 9.13. The van der Waals surface area contributed by atoms with Gasteiger partial charge in [0.1, 0.15) is 5.82 Å². The summed E-state index contributed by atoms with van der Waals surface area (Å²) in [6.45, 7) is 1.98. The van der Waals surface area contributed by atoms with Crippen molar-refractivity contribution in [3.63, 3.8) is 0 Å². The number of carbonyl (C=O) groups excluding carboxylic acids is 1. The van der Waals surface area contributed by atoms with Crippen LogP contribution in [0, 0.1) is 6.92 Å². The average Bonchev–Trinajstić information content (AvgIpc) is 3.25. The topological polar surface area (TPSA) is 117 Å². The van der Waals surface area contributed by atoms with Crippen LogP contribution in [0.3, 0.4) is 0 Å². The van der Waals surface area contributed by atoms with E-state index in [9.17, 15) is 13.2 Å². The van der Waals surface area contributed by atoms with Crippen LogP contribution < -0.4 is 10.0 Å². The molecule has 9 heteroatoms. The lowest BCUT2D eigenvalue weighted by Crippen LogP contribution is -2.23. The molecule has 0 aliphatic carbocycles. The second-order valence-electron chi connectivity index (χ2n) is 7.11. The summed E-state index contributed by atoms with van der Waals surface area (Å²) < 4.78 is 27.9. The molecule has 0 atom stereocenters. The van der Waals surface area contributed by atoms with Crippen LogP contribution in [0.15, 0.2) is 83.8 Å². The number of hydrogen-bond acceptors (Lipinski definition) is 5. The zero-order chi connectivity index (χ0) is 22.6. The number of aromatic amines is 1. The first-order chi connectivity index (χ1) is 15.4. The molecule has 1 aromatic heterocycles. The zero-order valence-corrected chi connectivity index (χ0v) is 18.1. The summed E-state index contributed by atoms with van der Waals surface area (Å²) in [5.74, 6) is 0.873. The molecule has 0 radical (unpaired) electrons. The number of anilines is 1. The Morgan fingerprint density at radius 1 is 0.969 bits per heavy atom. The Hall–Kier alpha value is -3.82. The van der Waals surface area contributed by atoms with Crippen LogP contribution in [-0.4, -0.2) is 29.5 Å². The van der Waals surface area contributed by atoms with Gasteiger partial charge in [-0.25, -0.2) is 18.1 Å². The van der Waals surface area contributed by atoms with E-state index in [2.05, 4.69) is 25.2 Å². The summed E-state index contributed by atoms with van der Waals surface area (Å²) in [6.07, 6.45) is 0. The largest absolute Gasteiger partial charge is 0.322 e. The van der Waals surface area contributed by atoms with Gasteiger partial charge in [0.2, 0.25) is 10.0 Å². The lowest BCUT2D eigenvalue weighted by molar-refractivity contribution is 0.102. The molecule has 1 amide bonds. The summed E-state index contributed by atoms with van der Waals surface area (Å²) in [5.41, 5.74) is 2.46. The second-order valence-corrected chi connectivity index (χ2v) is 8.88. The number of aryl methyl sites for hydroxylation is 1. The summed E-state index contributed by atoms with van der Waals surface area (Å²) in [6, 6.07) is 22.2. The SMILES string of the molecule is Cc1nc(-c2ccc(NC(=O)c3cccc(S(=O)(=O)NCc4ccccc4)c3)cc2)n[nH]1. The first-order valence-electron chi connectivity index (χ1n) is 9.85. The molecule has 3 N–H and O–H groups in total. The Morgan fingerprint density at radius 3 is 2.41 bits per heavy atom. The van der Waals surface area contributed by atoms with Gasteiger partial charge in [0, 0.05) is 23.4 Å². The number of benzene rings is 3. The number of H-pyrrole nitrogens is 1. The smallest absolute Gasteiger partial charge is 0.255 e. The molecule has 162 valence electrons. The number of nitrogens with one attached hydrogen (secondary N) is 3. The molecular formula is C23H21N5O3S. The molecule has 0 saturated carbocycles. The molecule has 4 rings (SSSR count). The minimum Gasteiger partial charge on any atom is -0.322 e. The van der Waals surface area contributed by atoms with Crippen molar-refractivity contribution >= 4 is 21.6 Å². The van der Waals surface area contributed by atoms with E-state index in [-0.39, 0.29) is 17.0 Å². The average molecular weight is 448 g/mol. The monoisotopic (exact) mass is 447 g/mol. The van der Waals surface area contributed by atoms with Gasteiger partial charge in [-0.2, -0.15) is 5.10 Å². The maximum absolute atomic E-state index is 12.7. The standard InChI is InChI=1S/C23H21N5O3S/c1-16-25-22(28-27-16)18-10-12-20(13-11-18)26-23(29)19-8-5-9-21(14-19)32(30,31)24-15-17-6-3-2-4-7-17/h2-14,24H,15H2,1H3,(H,26,29)(H,25,27,28). The van der Waals surface area contributed by atoms with Gasteiger partial charge in [-0.15, -0.1) is 0 Å². The number of nitrogens with zero attached hydrogens (tertiary/aromatic N) is 2. The van der Waals surface area contributed by atoms with Gasteiger partial charge in [0.05, 0.1) is 4.90 Å². The summed E-state index contributed by atoms with van der Waals surface area (Å²) >= 11 is 0. The zero-order valence-electron chi connectivity index (χ0n) is 17.2. The molecule has 4 aromatic rings. The molecule has 0 unspecified atom stereocenters. The lowest BCUT2D eigenvalue weighted by atomic mass is 10.1. The molecule has 0 bridgehead atoms. The van der Waals surface area contributed by atoms with Crippen molar-refractivity contribution in [1.29, 1.82) is 0 Å². The molecule has 3 aromatic carbocycles. The highest BCUT2D eigenvalue weighted by Gasteiger charge is 2.16. The van der Waals surface area contributed by atoms with Crippen LogP contribution in [0.1, 0.15) is 21.7 Å². The Kier molecular flexibility index (Phi) is 6.11. The number of sulfonamides is 1. The van der Waals surface area contributed by atoms with Gasteiger partial charge in [0.15, 0.2) is 5.82 Å². The third kappa shape index (κ3) is 5.08. The van der Waals surface area contributed by atoms with E-state index in [1.165, 1.54) is 12.1 Å². The quantitative estimate of drug-likeness (QED) is 0.401. The maximum atomic E-state index is 12.7. The van der Waals surface area contributed by atoms with Crippen molar-refractivity contribution in [2.24, 2.45) is 0 Å². The Bertz CT molecular complexity index is 1330. The summed E-state index contributed by atoms with van der Waals surface area (Å²) in [5, 5.41) is 9.67. The van der Waals surface area contributed by atoms with Gasteiger partial charge in [-0.1, -0.05) is 36.4 Å². The maximum Gasteiger partial charge on any atom is 0.255 e. The highest BCUT2D eigenvalue weighted by Crippen LogP contribution is 2.19. The van der Waals surface area contributed by atoms with Crippen LogP contribution in [0.2, 0.25) is 0 Å². The third-order valence-corrected chi connectivity index (χ3v) is 6.11. The first kappa shape index (κ1) is 21.4. The summed E-state index contributed by atoms with van der Waals surface area (Å²) in [7, 11) is -3.77. The molecule has 0 spiro atoms. The number of aromatic nitrogens is 3. The Labute approximate surface area is 185 Å². The van der Waals surface area contributed by atoms with Gasteiger partial charge in [0.25, 0.3) is 5.91 Å². The fraction of sp³-hybridized carbons (Fsp3) is 0.0870. The predicted octanol–water partition coefficient (Wildman–Crippen LogP) is 3.51. The molecule has 0 fully saturated rings. The fourth-order valence-electron chi connectivity index (χ4n) is 3.04. The van der Waals surface area contributed by atoms with Gasteiger partial charge in [-0.3, -0.25) is 9.89 Å². The molecule has 32 heavy (non-hydrogen) atoms. The van der Waals surface area contributed by atoms with Crippen LogP contribution in [0.5, 0.6) is 0 Å². The minimum absolute atomic E-state index is 0.0244. The van der Waals surface area contributed by atoms with E-state index in [0.29, 0.717) is 17.3 Å². The van der Waals surface area contributed by atoms with E-state index in [1.54, 1.807) is 36.4 Å². The van der Waals surface area contributed by atoms with Gasteiger partial charge < -0.3 is 5.32 Å². The van der Waals surface area contributed by atoms with E-state index in [0.717, 1.165) is 11.1 Å². The summed E-state index contributed by atoms with van der Waals surface area (Å²) in [4.78, 5) is 17.0. The van der Waals surface area contributed by atoms with Crippen molar-refractivity contribution in [3.05, 3.63) is 95.8 Å². The lowest BCUT2D eigenvalue weighted by Gasteiger charge is -2.09. The highest BCUT2D eigenvalue weighted by atomic mass is 32.2. The van der Waals surface area contributed by atoms with E-state index < -0.39 is 15.9 Å². The molecule has 1 heterocycles. The van der Waals surface area contributed by atoms with Crippen LogP contribution in [0.25, 0.3) is 11.4 Å². The van der Waals surface area contributed by atoms with Crippen LogP contribution in [-0.2, 0) is 16.6 Å². The normalized spacial score (nSPS) is 11.3. The molecule has 0 aliphatic rings.